The average molecular weight is 398 g/mol. The largest absolute Gasteiger partial charge is 0.444 e. The van der Waals surface area contributed by atoms with Gasteiger partial charge in [-0.2, -0.15) is 13.2 Å². The minimum atomic E-state index is -4.94. The Morgan fingerprint density at radius 1 is 1.09 bits per heavy atom. The second-order valence-corrected chi connectivity index (χ2v) is 5.15. The Hall–Kier alpha value is -2.23. The van der Waals surface area contributed by atoms with Crippen LogP contribution in [0.1, 0.15) is 5.56 Å². The molecule has 4 nitrogen and oxygen atoms in total. The molecule has 0 unspecified atom stereocenters. The van der Waals surface area contributed by atoms with E-state index in [9.17, 15) is 32.1 Å². The van der Waals surface area contributed by atoms with E-state index in [2.05, 4.69) is 15.9 Å². The molecule has 0 radical (unpaired) electrons. The van der Waals surface area contributed by atoms with Crippen LogP contribution in [0.15, 0.2) is 34.8 Å². The van der Waals surface area contributed by atoms with Crippen molar-refractivity contribution in [3.8, 4) is 11.5 Å². The maximum Gasteiger partial charge on any atom is 0.416 e. The second kappa shape index (κ2) is 6.11. The molecule has 10 heteroatoms. The minimum Gasteiger partial charge on any atom is -0.444 e. The zero-order chi connectivity index (χ0) is 17.4. The molecule has 0 saturated carbocycles. The number of nitro benzene ring substituents is 1. The van der Waals surface area contributed by atoms with Crippen molar-refractivity contribution in [1.29, 1.82) is 0 Å². The second-order valence-electron chi connectivity index (χ2n) is 4.24. The van der Waals surface area contributed by atoms with Gasteiger partial charge in [-0.15, -0.1) is 0 Å². The van der Waals surface area contributed by atoms with Crippen molar-refractivity contribution in [2.45, 2.75) is 6.18 Å². The van der Waals surface area contributed by atoms with Gasteiger partial charge in [-0.1, -0.05) is 15.9 Å². The number of nitro groups is 1. The molecule has 0 atom stereocenters. The van der Waals surface area contributed by atoms with Crippen LogP contribution in [0.2, 0.25) is 0 Å². The van der Waals surface area contributed by atoms with Crippen LogP contribution >= 0.6 is 15.9 Å². The summed E-state index contributed by atoms with van der Waals surface area (Å²) in [6.45, 7) is 0. The Bertz CT molecular complexity index is 756. The van der Waals surface area contributed by atoms with Gasteiger partial charge in [-0.05, 0) is 18.2 Å². The molecule has 0 aromatic heterocycles. The van der Waals surface area contributed by atoms with Gasteiger partial charge in [-0.3, -0.25) is 10.1 Å². The fraction of sp³-hybridized carbons (Fsp3) is 0.0769. The van der Waals surface area contributed by atoms with Gasteiger partial charge < -0.3 is 4.74 Å². The van der Waals surface area contributed by atoms with Crippen molar-refractivity contribution in [3.05, 3.63) is 62.1 Å². The zero-order valence-electron chi connectivity index (χ0n) is 10.8. The molecule has 0 aliphatic heterocycles. The lowest BCUT2D eigenvalue weighted by Gasteiger charge is -2.12. The van der Waals surface area contributed by atoms with Crippen molar-refractivity contribution in [2.24, 2.45) is 0 Å². The van der Waals surface area contributed by atoms with Crippen LogP contribution in [-0.2, 0) is 6.18 Å². The van der Waals surface area contributed by atoms with E-state index in [1.165, 1.54) is 6.07 Å². The molecule has 2 rings (SSSR count). The number of ether oxygens (including phenoxy) is 1. The van der Waals surface area contributed by atoms with Crippen LogP contribution in [0, 0.1) is 21.7 Å². The number of rotatable bonds is 3. The molecule has 0 bridgehead atoms. The lowest BCUT2D eigenvalue weighted by Crippen LogP contribution is -2.07. The number of benzene rings is 2. The Balaban J connectivity index is 2.50. The van der Waals surface area contributed by atoms with E-state index in [4.69, 9.17) is 4.74 Å². The molecule has 0 heterocycles. The van der Waals surface area contributed by atoms with Crippen LogP contribution in [0.5, 0.6) is 11.5 Å². The van der Waals surface area contributed by atoms with Crippen LogP contribution in [0.3, 0.4) is 0 Å². The van der Waals surface area contributed by atoms with E-state index in [0.717, 1.165) is 12.1 Å². The van der Waals surface area contributed by atoms with Gasteiger partial charge in [0.1, 0.15) is 0 Å². The Labute approximate surface area is 133 Å². The van der Waals surface area contributed by atoms with E-state index in [0.29, 0.717) is 4.47 Å². The van der Waals surface area contributed by atoms with E-state index >= 15 is 0 Å². The molecule has 0 aliphatic rings. The highest BCUT2D eigenvalue weighted by atomic mass is 79.9. The number of halogens is 6. The number of nitrogens with zero attached hydrogens (tertiary/aromatic N) is 1. The first-order valence-electron chi connectivity index (χ1n) is 5.77. The summed E-state index contributed by atoms with van der Waals surface area (Å²) in [5, 5.41) is 10.9. The zero-order valence-corrected chi connectivity index (χ0v) is 12.4. The average Bonchev–Trinajstić information content (AvgIpc) is 2.41. The molecule has 0 fully saturated rings. The van der Waals surface area contributed by atoms with Gasteiger partial charge in [0.05, 0.1) is 10.5 Å². The third-order valence-electron chi connectivity index (χ3n) is 2.66. The van der Waals surface area contributed by atoms with Crippen molar-refractivity contribution in [3.63, 3.8) is 0 Å². The smallest absolute Gasteiger partial charge is 0.416 e. The monoisotopic (exact) mass is 397 g/mol. The third-order valence-corrected chi connectivity index (χ3v) is 3.15. The summed E-state index contributed by atoms with van der Waals surface area (Å²) in [6, 6.07) is 3.46. The lowest BCUT2D eigenvalue weighted by atomic mass is 10.2. The first-order chi connectivity index (χ1) is 10.6. The standard InChI is InChI=1S/C13H5BrF5NO3/c14-7-1-2-10(20(21)22)11(5-7)23-12-8(15)3-6(4-9(12)16)13(17,18)19/h1-5H. The molecule has 2 aromatic carbocycles. The number of hydrogen-bond acceptors (Lipinski definition) is 3. The van der Waals surface area contributed by atoms with Crippen LogP contribution in [0.4, 0.5) is 27.6 Å². The van der Waals surface area contributed by atoms with Gasteiger partial charge in [-0.25, -0.2) is 8.78 Å². The maximum absolute atomic E-state index is 13.7. The van der Waals surface area contributed by atoms with E-state index < -0.39 is 45.5 Å². The summed E-state index contributed by atoms with van der Waals surface area (Å²) in [4.78, 5) is 9.99. The number of hydrogen-bond donors (Lipinski definition) is 0. The highest BCUT2D eigenvalue weighted by molar-refractivity contribution is 9.10. The van der Waals surface area contributed by atoms with Gasteiger partial charge >= 0.3 is 11.9 Å². The molecule has 0 amide bonds. The Morgan fingerprint density at radius 2 is 1.65 bits per heavy atom. The highest BCUT2D eigenvalue weighted by Gasteiger charge is 2.33. The molecule has 0 spiro atoms. The van der Waals surface area contributed by atoms with E-state index in [1.807, 2.05) is 0 Å². The maximum atomic E-state index is 13.7. The first-order valence-corrected chi connectivity index (χ1v) is 6.57. The predicted octanol–water partition coefficient (Wildman–Crippen LogP) is 5.45. The summed E-state index contributed by atoms with van der Waals surface area (Å²) in [5.74, 6) is -4.96. The molecule has 0 N–H and O–H groups in total. The lowest BCUT2D eigenvalue weighted by molar-refractivity contribution is -0.385. The summed E-state index contributed by atoms with van der Waals surface area (Å²) >= 11 is 2.99. The van der Waals surface area contributed by atoms with E-state index in [-0.39, 0.29) is 12.1 Å². The predicted molar refractivity (Wildman–Crippen MR) is 72.2 cm³/mol. The van der Waals surface area contributed by atoms with Crippen molar-refractivity contribution in [1.82, 2.24) is 0 Å². The van der Waals surface area contributed by atoms with E-state index in [1.54, 1.807) is 0 Å². The number of alkyl halides is 3. The normalized spacial score (nSPS) is 11.4. The molecule has 23 heavy (non-hydrogen) atoms. The molecule has 0 saturated heterocycles. The van der Waals surface area contributed by atoms with Gasteiger partial charge in [0.2, 0.25) is 5.75 Å². The molecule has 2 aromatic rings. The third kappa shape index (κ3) is 3.76. The van der Waals surface area contributed by atoms with Crippen LogP contribution < -0.4 is 4.74 Å². The van der Waals surface area contributed by atoms with Gasteiger partial charge in [0.15, 0.2) is 17.4 Å². The Morgan fingerprint density at radius 3 is 2.13 bits per heavy atom. The summed E-state index contributed by atoms with van der Waals surface area (Å²) in [6.07, 6.45) is -4.94. The quantitative estimate of drug-likeness (QED) is 0.393. The molecular formula is C13H5BrF5NO3. The minimum absolute atomic E-state index is 0.0439. The Kier molecular flexibility index (Phi) is 4.55. The summed E-state index contributed by atoms with van der Waals surface area (Å²) in [5.41, 5.74) is -2.14. The first kappa shape index (κ1) is 17.1. The van der Waals surface area contributed by atoms with Crippen molar-refractivity contribution >= 4 is 21.6 Å². The molecule has 122 valence electrons. The molecule has 0 aliphatic carbocycles. The summed E-state index contributed by atoms with van der Waals surface area (Å²) < 4.78 is 69.9. The SMILES string of the molecule is O=[N+]([O-])c1ccc(Br)cc1Oc1c(F)cc(C(F)(F)F)cc1F. The van der Waals surface area contributed by atoms with Crippen molar-refractivity contribution in [2.75, 3.05) is 0 Å². The van der Waals surface area contributed by atoms with Crippen molar-refractivity contribution < 1.29 is 31.6 Å². The summed E-state index contributed by atoms with van der Waals surface area (Å²) in [7, 11) is 0. The fourth-order valence-corrected chi connectivity index (χ4v) is 1.99. The van der Waals surface area contributed by atoms with Gasteiger partial charge in [0, 0.05) is 16.6 Å². The van der Waals surface area contributed by atoms with Crippen LogP contribution in [0.25, 0.3) is 0 Å². The highest BCUT2D eigenvalue weighted by Crippen LogP contribution is 2.38. The van der Waals surface area contributed by atoms with Crippen LogP contribution in [-0.4, -0.2) is 4.92 Å². The van der Waals surface area contributed by atoms with Gasteiger partial charge in [0.25, 0.3) is 0 Å². The topological polar surface area (TPSA) is 52.4 Å². The molecular weight excluding hydrogens is 393 g/mol. The fourth-order valence-electron chi connectivity index (χ4n) is 1.65.